The summed E-state index contributed by atoms with van der Waals surface area (Å²) in [5.41, 5.74) is 0.713. The van der Waals surface area contributed by atoms with Crippen molar-refractivity contribution in [2.75, 3.05) is 5.88 Å². The van der Waals surface area contributed by atoms with Crippen LogP contribution in [-0.2, 0) is 7.05 Å². The van der Waals surface area contributed by atoms with E-state index in [1.807, 2.05) is 0 Å². The first-order valence-electron chi connectivity index (χ1n) is 4.84. The molecule has 0 aliphatic rings. The van der Waals surface area contributed by atoms with Crippen LogP contribution in [0.1, 0.15) is 31.9 Å². The highest BCUT2D eigenvalue weighted by Gasteiger charge is 1.96. The van der Waals surface area contributed by atoms with Crippen molar-refractivity contribution in [3.8, 4) is 0 Å². The highest BCUT2D eigenvalue weighted by Crippen LogP contribution is 1.96. The maximum Gasteiger partial charge on any atom is 0.211 e. The van der Waals surface area contributed by atoms with Crippen molar-refractivity contribution in [3.05, 3.63) is 17.7 Å². The van der Waals surface area contributed by atoms with E-state index in [0.29, 0.717) is 5.69 Å². The Hall–Kier alpha value is -0.570. The molecule has 0 bridgehead atoms. The quantitative estimate of drug-likeness (QED) is 0.565. The summed E-state index contributed by atoms with van der Waals surface area (Å²) >= 11 is 5.38. The number of rotatable bonds is 3. The van der Waals surface area contributed by atoms with Crippen LogP contribution in [0.4, 0.5) is 4.39 Å². The Bertz CT molecular complexity index is 225. The molecule has 2 nitrogen and oxygen atoms in total. The van der Waals surface area contributed by atoms with Gasteiger partial charge in [0, 0.05) is 19.0 Å². The summed E-state index contributed by atoms with van der Waals surface area (Å²) in [4.78, 5) is 0. The van der Waals surface area contributed by atoms with Crippen molar-refractivity contribution in [2.45, 2.75) is 33.1 Å². The van der Waals surface area contributed by atoms with E-state index in [1.165, 1.54) is 30.0 Å². The van der Waals surface area contributed by atoms with E-state index in [-0.39, 0.29) is 5.95 Å². The van der Waals surface area contributed by atoms with Gasteiger partial charge < -0.3 is 0 Å². The lowest BCUT2D eigenvalue weighted by Gasteiger charge is -1.84. The largest absolute Gasteiger partial charge is 0.242 e. The average Bonchev–Trinajstić information content (AvgIpc) is 2.42. The zero-order valence-electron chi connectivity index (χ0n) is 9.06. The van der Waals surface area contributed by atoms with Crippen molar-refractivity contribution in [3.63, 3.8) is 0 Å². The molecule has 0 amide bonds. The predicted octanol–water partition coefficient (Wildman–Crippen LogP) is 3.28. The lowest BCUT2D eigenvalue weighted by molar-refractivity contribution is 0.503. The second-order valence-electron chi connectivity index (χ2n) is 3.13. The predicted molar refractivity (Wildman–Crippen MR) is 58.1 cm³/mol. The minimum atomic E-state index is -0.289. The first-order valence-corrected chi connectivity index (χ1v) is 5.37. The fraction of sp³-hybridized carbons (Fsp3) is 0.700. The van der Waals surface area contributed by atoms with Gasteiger partial charge in [-0.25, -0.2) is 4.68 Å². The molecule has 0 saturated heterocycles. The third-order valence-electron chi connectivity index (χ3n) is 1.68. The number of halogens is 2. The van der Waals surface area contributed by atoms with E-state index in [1.54, 1.807) is 14.0 Å². The van der Waals surface area contributed by atoms with E-state index in [4.69, 9.17) is 11.6 Å². The minimum Gasteiger partial charge on any atom is -0.242 e. The number of hydrogen-bond acceptors (Lipinski definition) is 1. The molecule has 0 aromatic carbocycles. The van der Waals surface area contributed by atoms with E-state index >= 15 is 0 Å². The smallest absolute Gasteiger partial charge is 0.211 e. The molecule has 0 spiro atoms. The molecule has 1 aromatic rings. The Labute approximate surface area is 90.1 Å². The van der Waals surface area contributed by atoms with Gasteiger partial charge in [-0.2, -0.15) is 9.49 Å². The van der Waals surface area contributed by atoms with E-state index in [2.05, 4.69) is 12.0 Å². The number of unbranched alkanes of at least 4 members (excludes halogenated alkanes) is 2. The van der Waals surface area contributed by atoms with Crippen molar-refractivity contribution in [1.29, 1.82) is 0 Å². The molecular weight excluding hydrogens is 203 g/mol. The van der Waals surface area contributed by atoms with Gasteiger partial charge in [0.25, 0.3) is 0 Å². The summed E-state index contributed by atoms with van der Waals surface area (Å²) in [6.07, 6.45) is 3.73. The molecule has 14 heavy (non-hydrogen) atoms. The molecule has 0 atom stereocenters. The van der Waals surface area contributed by atoms with Crippen LogP contribution >= 0.6 is 11.6 Å². The number of alkyl halides is 1. The van der Waals surface area contributed by atoms with Gasteiger partial charge in [-0.15, -0.1) is 11.6 Å². The Kier molecular flexibility index (Phi) is 7.48. The Balaban J connectivity index is 0.000000255. The van der Waals surface area contributed by atoms with Crippen LogP contribution in [0.3, 0.4) is 0 Å². The van der Waals surface area contributed by atoms with Crippen LogP contribution in [0.5, 0.6) is 0 Å². The van der Waals surface area contributed by atoms with Crippen LogP contribution in [0.25, 0.3) is 0 Å². The molecule has 0 fully saturated rings. The molecule has 0 radical (unpaired) electrons. The Morgan fingerprint density at radius 2 is 2.14 bits per heavy atom. The van der Waals surface area contributed by atoms with Crippen LogP contribution in [0.15, 0.2) is 6.07 Å². The van der Waals surface area contributed by atoms with Crippen LogP contribution < -0.4 is 0 Å². The third kappa shape index (κ3) is 5.97. The summed E-state index contributed by atoms with van der Waals surface area (Å²) in [7, 11) is 1.57. The van der Waals surface area contributed by atoms with Crippen molar-refractivity contribution < 1.29 is 4.39 Å². The molecule has 4 heteroatoms. The van der Waals surface area contributed by atoms with Crippen molar-refractivity contribution >= 4 is 11.6 Å². The van der Waals surface area contributed by atoms with Crippen LogP contribution in [-0.4, -0.2) is 15.7 Å². The molecule has 1 rings (SSSR count). The van der Waals surface area contributed by atoms with Gasteiger partial charge in [-0.05, 0) is 13.3 Å². The molecule has 0 aliphatic carbocycles. The summed E-state index contributed by atoms with van der Waals surface area (Å²) in [5.74, 6) is 0.538. The maximum atomic E-state index is 12.2. The molecule has 1 aromatic heterocycles. The molecule has 1 heterocycles. The molecule has 0 aliphatic heterocycles. The number of aryl methyl sites for hydroxylation is 2. The van der Waals surface area contributed by atoms with Gasteiger partial charge in [0.2, 0.25) is 5.95 Å². The molecule has 82 valence electrons. The van der Waals surface area contributed by atoms with Gasteiger partial charge in [0.05, 0.1) is 5.69 Å². The van der Waals surface area contributed by atoms with Crippen molar-refractivity contribution in [2.24, 2.45) is 7.05 Å². The lowest BCUT2D eigenvalue weighted by atomic mass is 10.3. The summed E-state index contributed by atoms with van der Waals surface area (Å²) in [5, 5.41) is 3.75. The van der Waals surface area contributed by atoms with Crippen LogP contribution in [0, 0.1) is 12.9 Å². The molecule has 0 unspecified atom stereocenters. The highest BCUT2D eigenvalue weighted by molar-refractivity contribution is 6.17. The average molecular weight is 221 g/mol. The number of hydrogen-bond donors (Lipinski definition) is 0. The summed E-state index contributed by atoms with van der Waals surface area (Å²) in [6.45, 7) is 3.93. The van der Waals surface area contributed by atoms with Gasteiger partial charge in [0.15, 0.2) is 0 Å². The van der Waals surface area contributed by atoms with Gasteiger partial charge in [0.1, 0.15) is 0 Å². The number of aromatic nitrogens is 2. The van der Waals surface area contributed by atoms with E-state index in [9.17, 15) is 4.39 Å². The highest BCUT2D eigenvalue weighted by atomic mass is 35.5. The van der Waals surface area contributed by atoms with Crippen molar-refractivity contribution in [1.82, 2.24) is 9.78 Å². The fourth-order valence-electron chi connectivity index (χ4n) is 0.924. The minimum absolute atomic E-state index is 0.289. The monoisotopic (exact) mass is 220 g/mol. The van der Waals surface area contributed by atoms with E-state index < -0.39 is 0 Å². The third-order valence-corrected chi connectivity index (χ3v) is 1.95. The number of nitrogens with zero attached hydrogens (tertiary/aromatic N) is 2. The summed E-state index contributed by atoms with van der Waals surface area (Å²) in [6, 6.07) is 1.39. The first kappa shape index (κ1) is 13.4. The molecule has 0 N–H and O–H groups in total. The fourth-order valence-corrected chi connectivity index (χ4v) is 1.11. The van der Waals surface area contributed by atoms with Gasteiger partial charge >= 0.3 is 0 Å². The molecular formula is C10H18ClFN2. The Morgan fingerprint density at radius 3 is 2.29 bits per heavy atom. The topological polar surface area (TPSA) is 17.8 Å². The van der Waals surface area contributed by atoms with E-state index in [0.717, 1.165) is 5.88 Å². The zero-order valence-corrected chi connectivity index (χ0v) is 9.81. The SMILES string of the molecule is CCCCCCl.Cc1cc(F)n(C)n1. The van der Waals surface area contributed by atoms with Gasteiger partial charge in [-0.1, -0.05) is 19.8 Å². The Morgan fingerprint density at radius 1 is 1.50 bits per heavy atom. The maximum absolute atomic E-state index is 12.2. The van der Waals surface area contributed by atoms with Crippen LogP contribution in [0.2, 0.25) is 0 Å². The zero-order chi connectivity index (χ0) is 11.0. The summed E-state index contributed by atoms with van der Waals surface area (Å²) < 4.78 is 13.4. The second-order valence-corrected chi connectivity index (χ2v) is 3.51. The standard InChI is InChI=1S/C5H11Cl.C5H7FN2/c1-2-3-4-5-6;1-4-3-5(6)8(2)7-4/h2-5H2,1H3;3H,1-2H3. The lowest BCUT2D eigenvalue weighted by Crippen LogP contribution is -1.92. The molecule has 0 saturated carbocycles. The first-order chi connectivity index (χ1) is 6.61. The van der Waals surface area contributed by atoms with Gasteiger partial charge in [-0.3, -0.25) is 0 Å². The normalized spacial score (nSPS) is 9.50. The second kappa shape index (κ2) is 7.80.